The fourth-order valence-electron chi connectivity index (χ4n) is 9.13. The Morgan fingerprint density at radius 2 is 1.91 bits per heavy atom. The number of rotatable bonds is 1. The minimum atomic E-state index is -4.10. The van der Waals surface area contributed by atoms with Crippen LogP contribution in [0.2, 0.25) is 5.02 Å². The number of hydrogen-bond donors (Lipinski definition) is 1. The highest BCUT2D eigenvalue weighted by Gasteiger charge is 2.50. The molecule has 2 amide bonds. The minimum Gasteiger partial charge on any atom is -0.490 e. The Hall–Kier alpha value is -2.79. The van der Waals surface area contributed by atoms with Gasteiger partial charge in [0.1, 0.15) is 5.75 Å². The summed E-state index contributed by atoms with van der Waals surface area (Å²) in [6, 6.07) is 10.7. The van der Waals surface area contributed by atoms with Crippen molar-refractivity contribution in [2.75, 3.05) is 64.4 Å². The van der Waals surface area contributed by atoms with Crippen LogP contribution < -0.4 is 14.4 Å². The van der Waals surface area contributed by atoms with Crippen LogP contribution in [0.25, 0.3) is 0 Å². The molecule has 2 spiro atoms. The van der Waals surface area contributed by atoms with Gasteiger partial charge in [0, 0.05) is 62.2 Å². The monoisotopic (exact) mass is 666 g/mol. The number of ether oxygens (including phenoxy) is 2. The number of halogens is 1. The summed E-state index contributed by atoms with van der Waals surface area (Å²) >= 11 is 6.44. The summed E-state index contributed by atoms with van der Waals surface area (Å²) in [4.78, 5) is 19.7. The first-order valence-corrected chi connectivity index (χ1v) is 18.6. The van der Waals surface area contributed by atoms with Crippen LogP contribution in [-0.4, -0.2) is 89.9 Å². The lowest BCUT2D eigenvalue weighted by Crippen LogP contribution is -2.62. The van der Waals surface area contributed by atoms with Crippen molar-refractivity contribution >= 4 is 33.3 Å². The second-order valence-electron chi connectivity index (χ2n) is 14.6. The lowest BCUT2D eigenvalue weighted by Gasteiger charge is -2.47. The Morgan fingerprint density at radius 3 is 2.72 bits per heavy atom. The summed E-state index contributed by atoms with van der Waals surface area (Å²) in [5.41, 5.74) is 3.07. The zero-order valence-corrected chi connectivity index (χ0v) is 28.0. The van der Waals surface area contributed by atoms with Gasteiger partial charge < -0.3 is 19.3 Å². The first-order chi connectivity index (χ1) is 22.2. The van der Waals surface area contributed by atoms with Crippen molar-refractivity contribution in [2.24, 2.45) is 17.3 Å². The summed E-state index contributed by atoms with van der Waals surface area (Å²) in [6.45, 7) is 5.84. The molecule has 2 saturated heterocycles. The summed E-state index contributed by atoms with van der Waals surface area (Å²) in [6.07, 6.45) is 10.7. The molecule has 2 aromatic carbocycles. The molecule has 0 radical (unpaired) electrons. The number of amides is 2. The summed E-state index contributed by atoms with van der Waals surface area (Å²) in [7, 11) is -2.30. The number of urea groups is 1. The number of sulfonamides is 1. The topological polar surface area (TPSA) is 91.4 Å². The fourth-order valence-corrected chi connectivity index (χ4v) is 10.3. The van der Waals surface area contributed by atoms with Gasteiger partial charge in [-0.15, -0.1) is 0 Å². The van der Waals surface area contributed by atoms with Crippen LogP contribution in [0.3, 0.4) is 0 Å². The van der Waals surface area contributed by atoms with E-state index < -0.39 is 16.1 Å². The van der Waals surface area contributed by atoms with E-state index in [2.05, 4.69) is 38.8 Å². The van der Waals surface area contributed by atoms with Crippen molar-refractivity contribution in [3.8, 4) is 5.75 Å². The fraction of sp³-hybridized carbons (Fsp3) is 0.571. The molecule has 9 nitrogen and oxygen atoms in total. The molecule has 1 unspecified atom stereocenters. The third kappa shape index (κ3) is 5.29. The van der Waals surface area contributed by atoms with E-state index in [1.165, 1.54) is 11.1 Å². The van der Waals surface area contributed by atoms with Crippen molar-refractivity contribution < 1.29 is 22.7 Å². The zero-order valence-electron chi connectivity index (χ0n) is 26.4. The number of hydrogen-bond acceptors (Lipinski definition) is 7. The Labute approximate surface area is 276 Å². The number of aryl methyl sites for hydroxylation is 1. The Balaban J connectivity index is 1.18. The van der Waals surface area contributed by atoms with Crippen LogP contribution in [0.5, 0.6) is 5.75 Å². The summed E-state index contributed by atoms with van der Waals surface area (Å²) in [5.74, 6) is 1.42. The maximum Gasteiger partial charge on any atom is 0.331 e. The van der Waals surface area contributed by atoms with Gasteiger partial charge in [-0.1, -0.05) is 29.8 Å². The molecule has 5 heterocycles. The van der Waals surface area contributed by atoms with Crippen LogP contribution >= 0.6 is 11.6 Å². The van der Waals surface area contributed by atoms with Gasteiger partial charge in [0.2, 0.25) is 0 Å². The SMILES string of the molecule is CO[C@H]1/C=C\CN2CCC3(C2)CN(C3)C(=O)NS(=O)(=O)c2ccc3c(c2)N(C[C@@H]2CC[C@H]21)C[C@@]1(CCCc2cc(Cl)ccc21)CO3. The van der Waals surface area contributed by atoms with Gasteiger partial charge in [0.15, 0.2) is 0 Å². The predicted octanol–water partition coefficient (Wildman–Crippen LogP) is 4.83. The van der Waals surface area contributed by atoms with Crippen LogP contribution in [0.15, 0.2) is 53.4 Å². The zero-order chi connectivity index (χ0) is 31.7. The van der Waals surface area contributed by atoms with Crippen molar-refractivity contribution in [1.82, 2.24) is 14.5 Å². The smallest absolute Gasteiger partial charge is 0.331 e. The first-order valence-electron chi connectivity index (χ1n) is 16.7. The lowest BCUT2D eigenvalue weighted by molar-refractivity contribution is 0.0130. The molecule has 3 fully saturated rings. The van der Waals surface area contributed by atoms with Crippen molar-refractivity contribution in [2.45, 2.75) is 54.9 Å². The van der Waals surface area contributed by atoms with Crippen LogP contribution in [0.4, 0.5) is 10.5 Å². The highest BCUT2D eigenvalue weighted by molar-refractivity contribution is 7.90. The molecule has 5 aliphatic heterocycles. The van der Waals surface area contributed by atoms with E-state index >= 15 is 0 Å². The molecule has 5 bridgehead atoms. The quantitative estimate of drug-likeness (QED) is 0.436. The normalized spacial score (nSPS) is 33.4. The van der Waals surface area contributed by atoms with E-state index in [1.54, 1.807) is 23.1 Å². The maximum absolute atomic E-state index is 13.7. The van der Waals surface area contributed by atoms with Gasteiger partial charge in [0.05, 0.1) is 23.3 Å². The van der Waals surface area contributed by atoms with Crippen molar-refractivity contribution in [1.29, 1.82) is 0 Å². The number of methoxy groups -OCH3 is 1. The number of benzene rings is 2. The van der Waals surface area contributed by atoms with Crippen molar-refractivity contribution in [3.05, 3.63) is 64.7 Å². The van der Waals surface area contributed by atoms with Gasteiger partial charge in [-0.2, -0.15) is 0 Å². The number of fused-ring (bicyclic) bond motifs is 6. The predicted molar refractivity (Wildman–Crippen MR) is 177 cm³/mol. The largest absolute Gasteiger partial charge is 0.490 e. The third-order valence-electron chi connectivity index (χ3n) is 11.7. The van der Waals surface area contributed by atoms with Crippen molar-refractivity contribution in [3.63, 3.8) is 0 Å². The second-order valence-corrected chi connectivity index (χ2v) is 16.7. The van der Waals surface area contributed by atoms with E-state index in [0.29, 0.717) is 43.8 Å². The molecule has 0 aromatic heterocycles. The summed E-state index contributed by atoms with van der Waals surface area (Å²) in [5, 5.41) is 0.742. The van der Waals surface area contributed by atoms with Crippen LogP contribution in [0, 0.1) is 17.3 Å². The Kier molecular flexibility index (Phi) is 7.58. The maximum atomic E-state index is 13.7. The number of nitrogens with one attached hydrogen (secondary N) is 1. The third-order valence-corrected chi connectivity index (χ3v) is 13.3. The molecule has 2 aromatic rings. The molecule has 5 atom stereocenters. The van der Waals surface area contributed by atoms with E-state index in [4.69, 9.17) is 21.1 Å². The molecule has 2 aliphatic carbocycles. The molecular weight excluding hydrogens is 624 g/mol. The number of anilines is 1. The second kappa shape index (κ2) is 11.4. The van der Waals surface area contributed by atoms with Gasteiger partial charge in [-0.3, -0.25) is 4.90 Å². The standard InChI is InChI=1S/C35H43ClN4O5S/c1-44-31-5-3-14-38-15-13-34(19-38)20-40(21-34)33(41)37-46(42,43)27-8-11-32-30(17-27)39(18-25-6-9-28(25)31)22-35(23-45-32)12-2-4-24-16-26(36)7-10-29(24)35/h3,5,7-8,10-11,16-17,25,28,31H,2,4,6,9,12-15,18-23H2,1H3,(H,37,41)/b5-3-/t25-,28+,31-,35-/m0/s1. The van der Waals surface area contributed by atoms with Gasteiger partial charge in [0.25, 0.3) is 10.0 Å². The average Bonchev–Trinajstić information content (AvgIpc) is 3.37. The first kappa shape index (κ1) is 30.5. The molecule has 1 N–H and O–H groups in total. The van der Waals surface area contributed by atoms with E-state index in [1.807, 2.05) is 13.2 Å². The molecule has 7 aliphatic rings. The van der Waals surface area contributed by atoms with Gasteiger partial charge in [-0.05, 0) is 98.4 Å². The highest BCUT2D eigenvalue weighted by atomic mass is 35.5. The minimum absolute atomic E-state index is 0.0272. The molecule has 1 saturated carbocycles. The number of carbonyl (C=O) groups is 1. The molecule has 46 heavy (non-hydrogen) atoms. The summed E-state index contributed by atoms with van der Waals surface area (Å²) < 4.78 is 42.4. The Bertz CT molecular complexity index is 1680. The van der Waals surface area contributed by atoms with Crippen LogP contribution in [0.1, 0.15) is 43.2 Å². The number of nitrogens with zero attached hydrogens (tertiary/aromatic N) is 3. The van der Waals surface area contributed by atoms with Crippen LogP contribution in [-0.2, 0) is 26.6 Å². The van der Waals surface area contributed by atoms with Gasteiger partial charge >= 0.3 is 6.03 Å². The molecular formula is C35H43ClN4O5S. The molecule has 9 rings (SSSR count). The highest BCUT2D eigenvalue weighted by Crippen LogP contribution is 2.47. The molecule has 246 valence electrons. The number of carbonyl (C=O) groups excluding carboxylic acids is 1. The Morgan fingerprint density at radius 1 is 1.04 bits per heavy atom. The lowest BCUT2D eigenvalue weighted by atomic mass is 9.68. The van der Waals surface area contributed by atoms with E-state index in [-0.39, 0.29) is 21.8 Å². The molecule has 11 heteroatoms. The van der Waals surface area contributed by atoms with Gasteiger partial charge in [-0.25, -0.2) is 17.9 Å². The van der Waals surface area contributed by atoms with E-state index in [9.17, 15) is 13.2 Å². The average molecular weight is 667 g/mol. The van der Waals surface area contributed by atoms with E-state index in [0.717, 1.165) is 75.4 Å².